The lowest BCUT2D eigenvalue weighted by atomic mass is 10.2. The van der Waals surface area contributed by atoms with Gasteiger partial charge in [0.1, 0.15) is 12.6 Å². The van der Waals surface area contributed by atoms with Crippen molar-refractivity contribution < 1.29 is 14.7 Å². The molecule has 7 nitrogen and oxygen atoms in total. The van der Waals surface area contributed by atoms with Crippen LogP contribution in [0.15, 0.2) is 18.5 Å². The summed E-state index contributed by atoms with van der Waals surface area (Å²) in [6.45, 7) is 2.83. The highest BCUT2D eigenvalue weighted by Gasteiger charge is 2.35. The number of carboxylic acids is 1. The van der Waals surface area contributed by atoms with Gasteiger partial charge in [0, 0.05) is 25.5 Å². The number of rotatable bonds is 6. The molecule has 21 heavy (non-hydrogen) atoms. The van der Waals surface area contributed by atoms with Gasteiger partial charge in [-0.15, -0.1) is 0 Å². The second kappa shape index (κ2) is 7.01. The average Bonchev–Trinajstić information content (AvgIpc) is 2.96. The Labute approximate surface area is 123 Å². The molecule has 7 heteroatoms. The predicted molar refractivity (Wildman–Crippen MR) is 76.9 cm³/mol. The molecule has 0 spiro atoms. The van der Waals surface area contributed by atoms with E-state index in [9.17, 15) is 9.59 Å². The van der Waals surface area contributed by atoms with Crippen molar-refractivity contribution in [3.8, 4) is 0 Å². The van der Waals surface area contributed by atoms with Gasteiger partial charge in [-0.25, -0.2) is 9.97 Å². The summed E-state index contributed by atoms with van der Waals surface area (Å²) in [5.74, 6) is -0.610. The smallest absolute Gasteiger partial charge is 0.323 e. The van der Waals surface area contributed by atoms with E-state index in [4.69, 9.17) is 5.11 Å². The zero-order valence-corrected chi connectivity index (χ0v) is 12.1. The molecular weight excluding hydrogens is 272 g/mol. The number of aromatic nitrogens is 2. The van der Waals surface area contributed by atoms with Crippen molar-refractivity contribution in [2.24, 2.45) is 0 Å². The maximum absolute atomic E-state index is 12.6. The Bertz CT molecular complexity index is 494. The topological polar surface area (TPSA) is 86.6 Å². The molecule has 1 saturated heterocycles. The van der Waals surface area contributed by atoms with E-state index in [-0.39, 0.29) is 18.5 Å². The van der Waals surface area contributed by atoms with Crippen LogP contribution in [-0.2, 0) is 9.59 Å². The molecule has 1 aromatic heterocycles. The molecule has 1 fully saturated rings. The van der Waals surface area contributed by atoms with Crippen LogP contribution in [0.2, 0.25) is 0 Å². The highest BCUT2D eigenvalue weighted by Crippen LogP contribution is 2.23. The standard InChI is InChI=1S/C14H20N4O3/c1-2-8-17(10-12(19)20)13(21)11-5-3-9-18(11)14-15-6-4-7-16-14/h4,6-7,11H,2-3,5,8-10H2,1H3,(H,19,20). The number of amides is 1. The predicted octanol–water partition coefficient (Wildman–Crippen LogP) is 0.769. The van der Waals surface area contributed by atoms with Crippen molar-refractivity contribution in [2.75, 3.05) is 24.5 Å². The lowest BCUT2D eigenvalue weighted by Gasteiger charge is -2.29. The third kappa shape index (κ3) is 3.68. The van der Waals surface area contributed by atoms with Crippen LogP contribution >= 0.6 is 0 Å². The molecule has 1 amide bonds. The molecule has 1 unspecified atom stereocenters. The van der Waals surface area contributed by atoms with Crippen LogP contribution < -0.4 is 4.90 Å². The monoisotopic (exact) mass is 292 g/mol. The van der Waals surface area contributed by atoms with E-state index in [1.54, 1.807) is 18.5 Å². The highest BCUT2D eigenvalue weighted by atomic mass is 16.4. The van der Waals surface area contributed by atoms with Crippen molar-refractivity contribution in [3.05, 3.63) is 18.5 Å². The molecule has 1 N–H and O–H groups in total. The fourth-order valence-corrected chi connectivity index (χ4v) is 2.61. The molecule has 1 atom stereocenters. The summed E-state index contributed by atoms with van der Waals surface area (Å²) in [5, 5.41) is 8.95. The van der Waals surface area contributed by atoms with Gasteiger partial charge in [0.2, 0.25) is 11.9 Å². The summed E-state index contributed by atoms with van der Waals surface area (Å²) in [6.07, 6.45) is 5.60. The molecule has 0 radical (unpaired) electrons. The third-order valence-corrected chi connectivity index (χ3v) is 3.48. The number of hydrogen-bond donors (Lipinski definition) is 1. The first-order chi connectivity index (χ1) is 10.1. The van der Waals surface area contributed by atoms with Gasteiger partial charge in [0.25, 0.3) is 0 Å². The Morgan fingerprint density at radius 3 is 2.76 bits per heavy atom. The summed E-state index contributed by atoms with van der Waals surface area (Å²) < 4.78 is 0. The molecule has 2 rings (SSSR count). The Morgan fingerprint density at radius 1 is 1.43 bits per heavy atom. The number of carbonyl (C=O) groups excluding carboxylic acids is 1. The maximum atomic E-state index is 12.6. The molecular formula is C14H20N4O3. The van der Waals surface area contributed by atoms with Gasteiger partial charge in [0.15, 0.2) is 0 Å². The molecule has 0 aromatic carbocycles. The molecule has 1 aliphatic rings. The van der Waals surface area contributed by atoms with Gasteiger partial charge >= 0.3 is 5.97 Å². The van der Waals surface area contributed by atoms with Crippen LogP contribution in [-0.4, -0.2) is 57.5 Å². The summed E-state index contributed by atoms with van der Waals surface area (Å²) >= 11 is 0. The number of aliphatic carboxylic acids is 1. The first kappa shape index (κ1) is 15.2. The largest absolute Gasteiger partial charge is 0.480 e. The fourth-order valence-electron chi connectivity index (χ4n) is 2.61. The Balaban J connectivity index is 2.14. The van der Waals surface area contributed by atoms with E-state index in [2.05, 4.69) is 9.97 Å². The van der Waals surface area contributed by atoms with Crippen LogP contribution in [0, 0.1) is 0 Å². The highest BCUT2D eigenvalue weighted by molar-refractivity contribution is 5.88. The lowest BCUT2D eigenvalue weighted by Crippen LogP contribution is -2.48. The van der Waals surface area contributed by atoms with E-state index < -0.39 is 5.97 Å². The molecule has 2 heterocycles. The van der Waals surface area contributed by atoms with Crippen LogP contribution in [0.5, 0.6) is 0 Å². The normalized spacial score (nSPS) is 17.8. The first-order valence-corrected chi connectivity index (χ1v) is 7.17. The molecule has 114 valence electrons. The third-order valence-electron chi connectivity index (χ3n) is 3.48. The minimum Gasteiger partial charge on any atom is -0.480 e. The van der Waals surface area contributed by atoms with Crippen molar-refractivity contribution >= 4 is 17.8 Å². The molecule has 1 aliphatic heterocycles. The minimum atomic E-state index is -0.989. The first-order valence-electron chi connectivity index (χ1n) is 7.17. The number of carbonyl (C=O) groups is 2. The van der Waals surface area contributed by atoms with Crippen LogP contribution in [0.4, 0.5) is 5.95 Å². The second-order valence-electron chi connectivity index (χ2n) is 5.05. The van der Waals surface area contributed by atoms with Crippen molar-refractivity contribution in [2.45, 2.75) is 32.2 Å². The Kier molecular flexibility index (Phi) is 5.08. The lowest BCUT2D eigenvalue weighted by molar-refractivity contribution is -0.145. The van der Waals surface area contributed by atoms with Crippen molar-refractivity contribution in [1.82, 2.24) is 14.9 Å². The van der Waals surface area contributed by atoms with E-state index in [0.29, 0.717) is 25.5 Å². The van der Waals surface area contributed by atoms with Gasteiger partial charge in [-0.05, 0) is 25.3 Å². The number of carboxylic acid groups (broad SMARTS) is 1. The number of nitrogens with zero attached hydrogens (tertiary/aromatic N) is 4. The molecule has 0 saturated carbocycles. The summed E-state index contributed by atoms with van der Waals surface area (Å²) in [7, 11) is 0. The fraction of sp³-hybridized carbons (Fsp3) is 0.571. The zero-order chi connectivity index (χ0) is 15.2. The van der Waals surface area contributed by atoms with Crippen LogP contribution in [0.25, 0.3) is 0 Å². The Hall–Kier alpha value is -2.18. The van der Waals surface area contributed by atoms with Crippen LogP contribution in [0.3, 0.4) is 0 Å². The Morgan fingerprint density at radius 2 is 2.14 bits per heavy atom. The number of hydrogen-bond acceptors (Lipinski definition) is 5. The van der Waals surface area contributed by atoms with Crippen molar-refractivity contribution in [3.63, 3.8) is 0 Å². The van der Waals surface area contributed by atoms with Gasteiger partial charge in [-0.1, -0.05) is 6.92 Å². The van der Waals surface area contributed by atoms with Gasteiger partial charge in [0.05, 0.1) is 0 Å². The molecule has 1 aromatic rings. The van der Waals surface area contributed by atoms with Gasteiger partial charge in [-0.2, -0.15) is 0 Å². The summed E-state index contributed by atoms with van der Waals surface area (Å²) in [5.41, 5.74) is 0. The number of anilines is 1. The van der Waals surface area contributed by atoms with Crippen molar-refractivity contribution in [1.29, 1.82) is 0 Å². The van der Waals surface area contributed by atoms with Gasteiger partial charge in [-0.3, -0.25) is 9.59 Å². The second-order valence-corrected chi connectivity index (χ2v) is 5.05. The molecule has 0 aliphatic carbocycles. The molecule has 0 bridgehead atoms. The van der Waals surface area contributed by atoms with E-state index >= 15 is 0 Å². The van der Waals surface area contributed by atoms with Crippen LogP contribution in [0.1, 0.15) is 26.2 Å². The minimum absolute atomic E-state index is 0.149. The quantitative estimate of drug-likeness (QED) is 0.833. The zero-order valence-electron chi connectivity index (χ0n) is 12.1. The summed E-state index contributed by atoms with van der Waals surface area (Å²) in [6, 6.07) is 1.36. The van der Waals surface area contributed by atoms with E-state index in [1.165, 1.54) is 4.90 Å². The average molecular weight is 292 g/mol. The van der Waals surface area contributed by atoms with E-state index in [1.807, 2.05) is 11.8 Å². The maximum Gasteiger partial charge on any atom is 0.323 e. The van der Waals surface area contributed by atoms with Gasteiger partial charge < -0.3 is 14.9 Å². The summed E-state index contributed by atoms with van der Waals surface area (Å²) in [4.78, 5) is 35.2. The SMILES string of the molecule is CCCN(CC(=O)O)C(=O)C1CCCN1c1ncccn1. The van der Waals surface area contributed by atoms with E-state index in [0.717, 1.165) is 12.8 Å².